The summed E-state index contributed by atoms with van der Waals surface area (Å²) >= 11 is 0. The lowest BCUT2D eigenvalue weighted by Crippen LogP contribution is -2.60. The van der Waals surface area contributed by atoms with Gasteiger partial charge in [-0.3, -0.25) is 9.35 Å². The van der Waals surface area contributed by atoms with E-state index in [1.54, 1.807) is 0 Å². The van der Waals surface area contributed by atoms with Crippen molar-refractivity contribution in [2.45, 2.75) is 243 Å². The predicted octanol–water partition coefficient (Wildman–Crippen LogP) is 14.3. The van der Waals surface area contributed by atoms with E-state index < -0.39 is 59.8 Å². The summed E-state index contributed by atoms with van der Waals surface area (Å²) in [7, 11) is -5.08. The minimum atomic E-state index is -5.08. The summed E-state index contributed by atoms with van der Waals surface area (Å²) in [5, 5.41) is 30.8. The van der Waals surface area contributed by atoms with Crippen molar-refractivity contribution in [2.75, 3.05) is 26.4 Å². The van der Waals surface area contributed by atoms with Gasteiger partial charge in [0.25, 0.3) is 0 Å². The van der Waals surface area contributed by atoms with E-state index in [9.17, 15) is 33.1 Å². The van der Waals surface area contributed by atoms with Crippen molar-refractivity contribution in [1.82, 2.24) is 0 Å². The number of carbonyl (C=O) groups is 1. The highest BCUT2D eigenvalue weighted by molar-refractivity contribution is 7.80. The fourth-order valence-electron chi connectivity index (χ4n) is 8.10. The minimum Gasteiger partial charge on any atom is -0.457 e. The third-order valence-electron chi connectivity index (χ3n) is 12.4. The zero-order valence-corrected chi connectivity index (χ0v) is 46.7. The number of aliphatic hydroxyl groups is 3. The second-order valence-corrected chi connectivity index (χ2v) is 20.2. The standard InChI is InChI=1S/C61H102O12S/c1-3-5-7-9-11-13-15-17-19-21-23-25-27-29-31-33-35-37-39-41-43-45-47-49-51-69-53-55(54-70-61-59(65)60(73-74(66,67)68)58(64)56(52-62)72-61)71-57(63)50-48-46-44-42-40-38-36-34-32-30-28-26-24-22-20-18-16-14-12-10-8-6-4-2/h6,8,12,14-15,17-18,20-21,23-24,26,30,32,36,38,42,44,55-56,58-62,64-65H,3-5,7,9-11,13,16,19,22,25,27-29,31,33-35,37,39-41,43,45-54H2,1-2H3,(H,66,67,68)/b8-6-,14-12-,17-15-,20-18-,23-21-,26-24-,32-30-,38-36-,44-42-. The highest BCUT2D eigenvalue weighted by Gasteiger charge is 2.48. The Hall–Kier alpha value is -3.24. The van der Waals surface area contributed by atoms with Crippen molar-refractivity contribution in [1.29, 1.82) is 0 Å². The number of allylic oxidation sites excluding steroid dienone is 18. The molecule has 1 rings (SSSR count). The molecule has 6 unspecified atom stereocenters. The summed E-state index contributed by atoms with van der Waals surface area (Å²) in [5.41, 5.74) is 0. The summed E-state index contributed by atoms with van der Waals surface area (Å²) in [6, 6.07) is 0. The monoisotopic (exact) mass is 1060 g/mol. The fraction of sp³-hybridized carbons (Fsp3) is 0.689. The van der Waals surface area contributed by atoms with Crippen LogP contribution in [0.4, 0.5) is 0 Å². The lowest BCUT2D eigenvalue weighted by molar-refractivity contribution is -0.301. The number of ether oxygens (including phenoxy) is 4. The summed E-state index contributed by atoms with van der Waals surface area (Å²) in [6.07, 6.45) is 62.7. The van der Waals surface area contributed by atoms with Crippen molar-refractivity contribution in [3.63, 3.8) is 0 Å². The molecule has 74 heavy (non-hydrogen) atoms. The number of hydrogen-bond acceptors (Lipinski definition) is 11. The summed E-state index contributed by atoms with van der Waals surface area (Å²) in [4.78, 5) is 12.9. The molecule has 0 bridgehead atoms. The van der Waals surface area contributed by atoms with Crippen molar-refractivity contribution in [3.8, 4) is 0 Å². The molecule has 12 nitrogen and oxygen atoms in total. The molecule has 0 aliphatic carbocycles. The average molecular weight is 1060 g/mol. The second kappa shape index (κ2) is 50.6. The van der Waals surface area contributed by atoms with Crippen LogP contribution >= 0.6 is 0 Å². The number of aliphatic hydroxyl groups excluding tert-OH is 3. The first-order chi connectivity index (χ1) is 36.1. The van der Waals surface area contributed by atoms with Crippen LogP contribution in [0, 0.1) is 0 Å². The third kappa shape index (κ3) is 42.9. The number of esters is 1. The molecule has 6 atom stereocenters. The molecule has 1 heterocycles. The van der Waals surface area contributed by atoms with Crippen molar-refractivity contribution in [2.24, 2.45) is 0 Å². The van der Waals surface area contributed by atoms with Crippen molar-refractivity contribution < 1.29 is 56.2 Å². The van der Waals surface area contributed by atoms with Gasteiger partial charge in [-0.1, -0.05) is 213 Å². The molecule has 1 aliphatic heterocycles. The first kappa shape index (κ1) is 68.8. The van der Waals surface area contributed by atoms with Crippen LogP contribution < -0.4 is 0 Å². The molecular weight excluding hydrogens is 957 g/mol. The van der Waals surface area contributed by atoms with E-state index in [0.717, 1.165) is 70.6 Å². The maximum atomic E-state index is 12.9. The van der Waals surface area contributed by atoms with Gasteiger partial charge in [0.05, 0.1) is 19.8 Å². The first-order valence-corrected chi connectivity index (χ1v) is 30.0. The molecule has 4 N–H and O–H groups in total. The molecule has 0 radical (unpaired) electrons. The van der Waals surface area contributed by atoms with Crippen LogP contribution in [0.25, 0.3) is 0 Å². The summed E-state index contributed by atoms with van der Waals surface area (Å²) < 4.78 is 59.3. The molecule has 0 aromatic rings. The Morgan fingerprint density at radius 2 is 0.932 bits per heavy atom. The van der Waals surface area contributed by atoms with Crippen LogP contribution in [-0.4, -0.2) is 97.5 Å². The van der Waals surface area contributed by atoms with Crippen LogP contribution in [0.5, 0.6) is 0 Å². The second-order valence-electron chi connectivity index (χ2n) is 19.1. The number of unbranched alkanes of at least 4 members (excludes halogenated alkanes) is 18. The molecule has 0 saturated carbocycles. The Morgan fingerprint density at radius 1 is 0.527 bits per heavy atom. The molecular formula is C61H102O12S. The van der Waals surface area contributed by atoms with Gasteiger partial charge in [0.15, 0.2) is 6.29 Å². The maximum Gasteiger partial charge on any atom is 0.397 e. The molecule has 1 saturated heterocycles. The van der Waals surface area contributed by atoms with E-state index >= 15 is 0 Å². The molecule has 0 aromatic carbocycles. The largest absolute Gasteiger partial charge is 0.457 e. The molecule has 0 spiro atoms. The fourth-order valence-corrected chi connectivity index (χ4v) is 8.61. The van der Waals surface area contributed by atoms with Crippen LogP contribution in [-0.2, 0) is 38.3 Å². The molecule has 424 valence electrons. The van der Waals surface area contributed by atoms with Gasteiger partial charge in [-0.15, -0.1) is 0 Å². The van der Waals surface area contributed by atoms with Crippen molar-refractivity contribution >= 4 is 16.4 Å². The van der Waals surface area contributed by atoms with Crippen LogP contribution in [0.15, 0.2) is 109 Å². The van der Waals surface area contributed by atoms with E-state index in [4.69, 9.17) is 18.9 Å². The van der Waals surface area contributed by atoms with E-state index in [-0.39, 0.29) is 19.6 Å². The van der Waals surface area contributed by atoms with Gasteiger partial charge in [-0.05, 0) is 96.3 Å². The lowest BCUT2D eigenvalue weighted by atomic mass is 9.99. The topological polar surface area (TPSA) is 178 Å². The van der Waals surface area contributed by atoms with Crippen molar-refractivity contribution in [3.05, 3.63) is 109 Å². The molecule has 0 amide bonds. The van der Waals surface area contributed by atoms with E-state index in [2.05, 4.69) is 121 Å². The van der Waals surface area contributed by atoms with Gasteiger partial charge in [-0.25, -0.2) is 4.18 Å². The first-order valence-electron chi connectivity index (χ1n) is 28.6. The van der Waals surface area contributed by atoms with Crippen LogP contribution in [0.2, 0.25) is 0 Å². The van der Waals surface area contributed by atoms with Gasteiger partial charge in [-0.2, -0.15) is 8.42 Å². The third-order valence-corrected chi connectivity index (χ3v) is 12.8. The van der Waals surface area contributed by atoms with E-state index in [1.807, 2.05) is 6.08 Å². The number of hydrogen-bond donors (Lipinski definition) is 4. The Labute approximate surface area is 449 Å². The zero-order valence-electron chi connectivity index (χ0n) is 45.9. The summed E-state index contributed by atoms with van der Waals surface area (Å²) in [5.74, 6) is -0.459. The van der Waals surface area contributed by atoms with Crippen LogP contribution in [0.3, 0.4) is 0 Å². The Morgan fingerprint density at radius 3 is 1.36 bits per heavy atom. The Kier molecular flexibility index (Phi) is 47.0. The number of rotatable bonds is 49. The summed E-state index contributed by atoms with van der Waals surface area (Å²) in [6.45, 7) is 3.80. The van der Waals surface area contributed by atoms with Gasteiger partial charge >= 0.3 is 16.4 Å². The Balaban J connectivity index is 2.36. The normalized spacial score (nSPS) is 19.6. The molecule has 13 heteroatoms. The highest BCUT2D eigenvalue weighted by Crippen LogP contribution is 2.26. The van der Waals surface area contributed by atoms with Crippen LogP contribution in [0.1, 0.15) is 206 Å². The Bertz CT molecular complexity index is 1700. The maximum absolute atomic E-state index is 12.9. The predicted molar refractivity (Wildman–Crippen MR) is 303 cm³/mol. The zero-order chi connectivity index (χ0) is 53.8. The van der Waals surface area contributed by atoms with Gasteiger partial charge in [0.1, 0.15) is 30.5 Å². The molecule has 1 fully saturated rings. The van der Waals surface area contributed by atoms with Gasteiger partial charge in [0.2, 0.25) is 0 Å². The molecule has 0 aromatic heterocycles. The van der Waals surface area contributed by atoms with Gasteiger partial charge < -0.3 is 34.3 Å². The minimum absolute atomic E-state index is 0.00503. The quantitative estimate of drug-likeness (QED) is 0.0196. The average Bonchev–Trinajstić information content (AvgIpc) is 3.38. The lowest BCUT2D eigenvalue weighted by Gasteiger charge is -2.41. The van der Waals surface area contributed by atoms with Gasteiger partial charge in [0, 0.05) is 13.0 Å². The smallest absolute Gasteiger partial charge is 0.397 e. The molecule has 1 aliphatic rings. The SMILES string of the molecule is CC/C=C\C/C=C\C/C=C\C/C=C\C/C=C\C/C=C\C/C=C\CCCC(=O)OC(COCCCCCCCCCCCCCC/C=C\C/C=C\CCCCCCC)COC1OC(CO)C(O)C(OS(=O)(=O)O)C1O. The van der Waals surface area contributed by atoms with E-state index in [0.29, 0.717) is 19.4 Å². The highest BCUT2D eigenvalue weighted by atomic mass is 32.3. The number of carbonyl (C=O) groups excluding carboxylic acids is 1. The van der Waals surface area contributed by atoms with E-state index in [1.165, 1.54) is 103 Å².